The summed E-state index contributed by atoms with van der Waals surface area (Å²) in [4.78, 5) is 17.5. The number of anilines is 1. The van der Waals surface area contributed by atoms with E-state index < -0.39 is 11.6 Å². The van der Waals surface area contributed by atoms with Crippen molar-refractivity contribution in [1.82, 2.24) is 4.98 Å². The summed E-state index contributed by atoms with van der Waals surface area (Å²) < 4.78 is 25.0. The molecule has 264 valence electrons. The quantitative estimate of drug-likeness (QED) is 0.160. The molecule has 6 aliphatic rings. The van der Waals surface area contributed by atoms with Gasteiger partial charge in [0, 0.05) is 42.9 Å². The Bertz CT molecular complexity index is 1650. The molecule has 2 spiro atoms. The predicted octanol–water partition coefficient (Wildman–Crippen LogP) is 10.0. The third-order valence-corrected chi connectivity index (χ3v) is 12.4. The summed E-state index contributed by atoms with van der Waals surface area (Å²) in [6, 6.07) is 12.3. The van der Waals surface area contributed by atoms with E-state index in [0.717, 1.165) is 77.4 Å². The van der Waals surface area contributed by atoms with Crippen LogP contribution in [0.3, 0.4) is 0 Å². The molecule has 0 radical (unpaired) electrons. The molecule has 4 bridgehead atoms. The number of hydrogen-bond donors (Lipinski definition) is 1. The fraction of sp³-hybridized carbons (Fsp3) is 0.634. The molecular weight excluding hydrogens is 616 g/mol. The maximum atomic E-state index is 7.03. The third-order valence-electron chi connectivity index (χ3n) is 12.4. The number of rotatable bonds is 11. The first-order valence-corrected chi connectivity index (χ1v) is 18.9. The van der Waals surface area contributed by atoms with Crippen LogP contribution in [0.15, 0.2) is 36.4 Å². The second-order valence-electron chi connectivity index (χ2n) is 16.1. The average molecular weight is 671 g/mol. The van der Waals surface area contributed by atoms with Crippen molar-refractivity contribution in [2.75, 3.05) is 19.5 Å². The minimum absolute atomic E-state index is 0.245. The van der Waals surface area contributed by atoms with Gasteiger partial charge in [-0.3, -0.25) is 0 Å². The highest BCUT2D eigenvalue weighted by Gasteiger charge is 2.66. The molecule has 8 heteroatoms. The van der Waals surface area contributed by atoms with E-state index in [1.165, 1.54) is 51.4 Å². The Kier molecular flexibility index (Phi) is 8.94. The number of aryl methyl sites for hydroxylation is 2. The Hall–Kier alpha value is -3.07. The van der Waals surface area contributed by atoms with Crippen molar-refractivity contribution in [3.63, 3.8) is 0 Å². The molecule has 1 N–H and O–H groups in total. The normalized spacial score (nSPS) is 32.2. The van der Waals surface area contributed by atoms with E-state index in [9.17, 15) is 0 Å². The molecule has 3 atom stereocenters. The predicted molar refractivity (Wildman–Crippen MR) is 190 cm³/mol. The number of unbranched alkanes of at least 4 members (excludes halogenated alkanes) is 1. The molecule has 5 saturated carbocycles. The largest absolute Gasteiger partial charge is 0.493 e. The Morgan fingerprint density at radius 1 is 0.959 bits per heavy atom. The summed E-state index contributed by atoms with van der Waals surface area (Å²) in [5.74, 6) is 5.09. The van der Waals surface area contributed by atoms with E-state index in [1.807, 2.05) is 30.3 Å². The average Bonchev–Trinajstić information content (AvgIpc) is 3.44. The van der Waals surface area contributed by atoms with Gasteiger partial charge in [0.25, 0.3) is 0 Å². The fourth-order valence-corrected chi connectivity index (χ4v) is 10.3. The summed E-state index contributed by atoms with van der Waals surface area (Å²) in [5.41, 5.74) is 3.88. The first-order valence-electron chi connectivity index (χ1n) is 18.9. The zero-order valence-corrected chi connectivity index (χ0v) is 30.0. The molecule has 8 nitrogen and oxygen atoms in total. The second kappa shape index (κ2) is 13.2. The van der Waals surface area contributed by atoms with Gasteiger partial charge in [-0.15, -0.1) is 0 Å². The van der Waals surface area contributed by atoms with E-state index in [2.05, 4.69) is 32.2 Å². The number of fused-ring (bicyclic) bond motifs is 1. The number of benzene rings is 2. The standard InChI is InChI=1S/C41H54N2O6/c1-25-10-8-14-33(16-25)46-39-35(44-4)23-34(38-37(39)26(2)17-36(43-38)45-5)42-27(3)11-6-7-12-28-13-9-15-40(24-28)47-41(49-48-40)31-19-29-18-30(21-31)22-32(41)20-29/h8,10,14,16-17,23,27-32,42H,6-7,9,11-13,15,18-22,24H2,1-5H3/t27?,28?,29?,30?,31?,32?,40-,41?/m1/s1. The Morgan fingerprint density at radius 3 is 2.49 bits per heavy atom. The van der Waals surface area contributed by atoms with Gasteiger partial charge in [-0.25, -0.2) is 4.98 Å². The van der Waals surface area contributed by atoms with Crippen LogP contribution in [0.2, 0.25) is 0 Å². The van der Waals surface area contributed by atoms with Gasteiger partial charge in [-0.2, -0.15) is 9.78 Å². The first-order chi connectivity index (χ1) is 23.8. The van der Waals surface area contributed by atoms with Gasteiger partial charge in [0.2, 0.25) is 17.5 Å². The maximum Gasteiger partial charge on any atom is 0.213 e. The van der Waals surface area contributed by atoms with E-state index in [0.29, 0.717) is 35.1 Å². The second-order valence-corrected chi connectivity index (χ2v) is 16.1. The van der Waals surface area contributed by atoms with Crippen LogP contribution in [0.25, 0.3) is 10.9 Å². The molecule has 49 heavy (non-hydrogen) atoms. The molecule has 3 aromatic rings. The molecule has 2 heterocycles. The molecule has 2 aromatic carbocycles. The topological polar surface area (TPSA) is 80.3 Å². The monoisotopic (exact) mass is 670 g/mol. The lowest BCUT2D eigenvalue weighted by Gasteiger charge is -2.57. The summed E-state index contributed by atoms with van der Waals surface area (Å²) >= 11 is 0. The van der Waals surface area contributed by atoms with Crippen molar-refractivity contribution in [2.45, 2.75) is 122 Å². The zero-order chi connectivity index (χ0) is 33.8. The lowest BCUT2D eigenvalue weighted by atomic mass is 9.53. The first kappa shape index (κ1) is 33.1. The van der Waals surface area contributed by atoms with Crippen LogP contribution in [0, 0.1) is 43.4 Å². The number of nitrogens with zero attached hydrogens (tertiary/aromatic N) is 1. The SMILES string of the molecule is COc1cc(C)c2c(Oc3cccc(C)c3)c(OC)cc(NC(C)CCCCC3CCC[C@]4(C3)OOC3(O4)C4CC5CC(C4)CC3C5)c2n1. The van der Waals surface area contributed by atoms with Gasteiger partial charge in [-0.05, 0) is 107 Å². The Balaban J connectivity index is 0.902. The zero-order valence-electron chi connectivity index (χ0n) is 30.0. The Morgan fingerprint density at radius 2 is 1.76 bits per heavy atom. The summed E-state index contributed by atoms with van der Waals surface area (Å²) in [6.45, 7) is 6.37. The Labute approximate surface area is 291 Å². The van der Waals surface area contributed by atoms with Gasteiger partial charge >= 0.3 is 0 Å². The molecule has 9 rings (SSSR count). The van der Waals surface area contributed by atoms with E-state index in [1.54, 1.807) is 14.2 Å². The van der Waals surface area contributed by atoms with Crippen LogP contribution in [-0.4, -0.2) is 36.8 Å². The smallest absolute Gasteiger partial charge is 0.213 e. The van der Waals surface area contributed by atoms with Crippen molar-refractivity contribution in [3.05, 3.63) is 47.5 Å². The minimum atomic E-state index is -0.533. The molecule has 6 fully saturated rings. The number of ether oxygens (including phenoxy) is 4. The molecule has 1 saturated heterocycles. The highest BCUT2D eigenvalue weighted by Crippen LogP contribution is 2.64. The molecule has 5 aliphatic carbocycles. The number of nitrogens with one attached hydrogen (secondary N) is 1. The van der Waals surface area contributed by atoms with Crippen LogP contribution >= 0.6 is 0 Å². The maximum absolute atomic E-state index is 7.03. The van der Waals surface area contributed by atoms with E-state index in [-0.39, 0.29) is 6.04 Å². The van der Waals surface area contributed by atoms with Crippen LogP contribution in [0.1, 0.15) is 102 Å². The number of aromatic nitrogens is 1. The molecule has 1 aromatic heterocycles. The number of pyridine rings is 1. The van der Waals surface area contributed by atoms with Crippen LogP contribution in [-0.2, 0) is 14.5 Å². The summed E-state index contributed by atoms with van der Waals surface area (Å²) in [5, 5.41) is 4.68. The van der Waals surface area contributed by atoms with Gasteiger partial charge < -0.3 is 24.3 Å². The van der Waals surface area contributed by atoms with Crippen molar-refractivity contribution in [2.24, 2.45) is 29.6 Å². The van der Waals surface area contributed by atoms with Gasteiger partial charge in [-0.1, -0.05) is 37.8 Å². The molecule has 2 unspecified atom stereocenters. The van der Waals surface area contributed by atoms with E-state index >= 15 is 0 Å². The lowest BCUT2D eigenvalue weighted by molar-refractivity contribution is -0.390. The van der Waals surface area contributed by atoms with Crippen molar-refractivity contribution in [3.8, 4) is 23.1 Å². The van der Waals surface area contributed by atoms with Gasteiger partial charge in [0.1, 0.15) is 11.3 Å². The van der Waals surface area contributed by atoms with Crippen molar-refractivity contribution in [1.29, 1.82) is 0 Å². The highest BCUT2D eigenvalue weighted by atomic mass is 17.3. The third kappa shape index (κ3) is 6.27. The summed E-state index contributed by atoms with van der Waals surface area (Å²) in [6.07, 6.45) is 15.4. The highest BCUT2D eigenvalue weighted by molar-refractivity contribution is 6.00. The van der Waals surface area contributed by atoms with E-state index in [4.69, 9.17) is 33.7 Å². The molecular formula is C41H54N2O6. The van der Waals surface area contributed by atoms with Gasteiger partial charge in [0.15, 0.2) is 11.5 Å². The van der Waals surface area contributed by atoms with Gasteiger partial charge in [0.05, 0.1) is 25.3 Å². The fourth-order valence-electron chi connectivity index (χ4n) is 10.3. The van der Waals surface area contributed by atoms with Crippen molar-refractivity contribution >= 4 is 16.6 Å². The van der Waals surface area contributed by atoms with Crippen LogP contribution < -0.4 is 19.5 Å². The minimum Gasteiger partial charge on any atom is -0.493 e. The number of methoxy groups -OCH3 is 2. The number of hydrogen-bond acceptors (Lipinski definition) is 8. The van der Waals surface area contributed by atoms with Crippen molar-refractivity contribution < 1.29 is 28.7 Å². The van der Waals surface area contributed by atoms with Crippen LogP contribution in [0.5, 0.6) is 23.1 Å². The van der Waals surface area contributed by atoms with Crippen LogP contribution in [0.4, 0.5) is 5.69 Å². The molecule has 1 aliphatic heterocycles. The molecule has 0 amide bonds. The summed E-state index contributed by atoms with van der Waals surface area (Å²) in [7, 11) is 3.35. The lowest BCUT2D eigenvalue weighted by Crippen LogP contribution is -2.59.